The highest BCUT2D eigenvalue weighted by atomic mass is 127. The molecule has 3 rings (SSSR count). The van der Waals surface area contributed by atoms with E-state index in [1.807, 2.05) is 0 Å². The fourth-order valence-electron chi connectivity index (χ4n) is 3.59. The van der Waals surface area contributed by atoms with E-state index in [-0.39, 0.29) is 15.2 Å². The number of carbonyl (C=O) groups is 1. The predicted octanol–water partition coefficient (Wildman–Crippen LogP) is 3.74. The molecular weight excluding hydrogens is 458 g/mol. The van der Waals surface area contributed by atoms with Gasteiger partial charge in [0.2, 0.25) is 5.91 Å². The van der Waals surface area contributed by atoms with Crippen LogP contribution >= 0.6 is 22.6 Å². The molecule has 2 aliphatic rings. The number of hydrogen-bond acceptors (Lipinski definition) is 3. The molecule has 1 aromatic rings. The molecule has 1 amide bonds. The van der Waals surface area contributed by atoms with Gasteiger partial charge in [0.1, 0.15) is 0 Å². The fourth-order valence-corrected chi connectivity index (χ4v) is 6.96. The highest BCUT2D eigenvalue weighted by molar-refractivity contribution is 14.1. The Morgan fingerprint density at radius 1 is 1.17 bits per heavy atom. The van der Waals surface area contributed by atoms with Gasteiger partial charge in [-0.3, -0.25) is 4.79 Å². The van der Waals surface area contributed by atoms with Gasteiger partial charge in [-0.2, -0.15) is 13.2 Å². The Morgan fingerprint density at radius 2 is 1.79 bits per heavy atom. The summed E-state index contributed by atoms with van der Waals surface area (Å²) in [4.78, 5) is 12.0. The molecule has 132 valence electrons. The summed E-state index contributed by atoms with van der Waals surface area (Å²) in [6, 6.07) is 3.32. The lowest BCUT2D eigenvalue weighted by molar-refractivity contribution is -0.137. The molecule has 2 atom stereocenters. The quantitative estimate of drug-likeness (QED) is 0.486. The van der Waals surface area contributed by atoms with Gasteiger partial charge in [-0.05, 0) is 49.9 Å². The van der Waals surface area contributed by atoms with Gasteiger partial charge in [0, 0.05) is 10.3 Å². The maximum atomic E-state index is 12.9. The Labute approximate surface area is 151 Å². The first kappa shape index (κ1) is 18.0. The number of carbonyl (C=O) groups excluding carboxylic acids is 1. The van der Waals surface area contributed by atoms with E-state index in [9.17, 15) is 26.4 Å². The molecule has 0 aromatic heterocycles. The number of nitrogens with zero attached hydrogens (tertiary/aromatic N) is 1. The number of rotatable bonds is 2. The Morgan fingerprint density at radius 3 is 2.29 bits per heavy atom. The van der Waals surface area contributed by atoms with Crippen LogP contribution in [-0.4, -0.2) is 28.1 Å². The lowest BCUT2D eigenvalue weighted by atomic mass is 9.96. The summed E-state index contributed by atoms with van der Waals surface area (Å²) < 4.78 is 64.8. The Hall–Kier alpha value is -0.840. The molecule has 1 heterocycles. The van der Waals surface area contributed by atoms with Crippen molar-refractivity contribution in [2.45, 2.75) is 52.6 Å². The van der Waals surface area contributed by atoms with Crippen LogP contribution in [0.1, 0.15) is 37.7 Å². The summed E-state index contributed by atoms with van der Waals surface area (Å²) in [5, 5.41) is 0. The molecule has 4 nitrogen and oxygen atoms in total. The summed E-state index contributed by atoms with van der Waals surface area (Å²) in [6.45, 7) is 0. The number of sulfonamides is 1. The largest absolute Gasteiger partial charge is 0.416 e. The second-order valence-corrected chi connectivity index (χ2v) is 9.44. The van der Waals surface area contributed by atoms with E-state index in [0.29, 0.717) is 12.8 Å². The normalized spacial score (nSPS) is 28.1. The van der Waals surface area contributed by atoms with Crippen molar-refractivity contribution in [3.05, 3.63) is 29.8 Å². The van der Waals surface area contributed by atoms with Crippen LogP contribution in [0, 0.1) is 0 Å². The van der Waals surface area contributed by atoms with E-state index < -0.39 is 33.2 Å². The zero-order valence-electron chi connectivity index (χ0n) is 12.5. The summed E-state index contributed by atoms with van der Waals surface area (Å²) in [6.07, 6.45) is -1.65. The highest BCUT2D eigenvalue weighted by Crippen LogP contribution is 2.49. The maximum absolute atomic E-state index is 12.9. The summed E-state index contributed by atoms with van der Waals surface area (Å²) in [5.41, 5.74) is -1.66. The SMILES string of the molecule is O=C1CCC2(CCCC2I)N1S(=O)(=O)c1ccc(C(F)(F)F)cc1. The van der Waals surface area contributed by atoms with Crippen LogP contribution in [0.5, 0.6) is 0 Å². The van der Waals surface area contributed by atoms with Crippen LogP contribution < -0.4 is 0 Å². The predicted molar refractivity (Wildman–Crippen MR) is 89.1 cm³/mol. The van der Waals surface area contributed by atoms with Crippen LogP contribution in [0.25, 0.3) is 0 Å². The minimum atomic E-state index is -4.54. The number of amides is 1. The highest BCUT2D eigenvalue weighted by Gasteiger charge is 2.57. The van der Waals surface area contributed by atoms with E-state index in [1.54, 1.807) is 0 Å². The molecule has 24 heavy (non-hydrogen) atoms. The van der Waals surface area contributed by atoms with Gasteiger partial charge in [-0.25, -0.2) is 12.7 Å². The molecule has 1 saturated heterocycles. The first-order chi connectivity index (χ1) is 11.1. The third-order valence-electron chi connectivity index (χ3n) is 4.77. The monoisotopic (exact) mass is 473 g/mol. The molecule has 2 fully saturated rings. The molecule has 1 aliphatic carbocycles. The average molecular weight is 473 g/mol. The first-order valence-corrected chi connectivity index (χ1v) is 10.2. The standard InChI is InChI=1S/C15H15F3INO3S/c16-15(17,18)10-3-5-11(6-4-10)24(22,23)20-13(21)7-9-14(20)8-1-2-12(14)19/h3-6,12H,1-2,7-9H2. The molecule has 1 aromatic carbocycles. The number of halogens is 4. The van der Waals surface area contributed by atoms with Crippen molar-refractivity contribution in [2.24, 2.45) is 0 Å². The average Bonchev–Trinajstić information content (AvgIpc) is 3.03. The fraction of sp³-hybridized carbons (Fsp3) is 0.533. The zero-order chi connectivity index (χ0) is 17.8. The van der Waals surface area contributed by atoms with Gasteiger partial charge in [-0.15, -0.1) is 0 Å². The Bertz CT molecular complexity index is 763. The van der Waals surface area contributed by atoms with Gasteiger partial charge < -0.3 is 0 Å². The first-order valence-electron chi connectivity index (χ1n) is 7.49. The van der Waals surface area contributed by atoms with Gasteiger partial charge in [-0.1, -0.05) is 22.6 Å². The van der Waals surface area contributed by atoms with Gasteiger partial charge in [0.05, 0.1) is 16.0 Å². The number of alkyl halides is 4. The minimum Gasteiger partial charge on any atom is -0.274 e. The van der Waals surface area contributed by atoms with Crippen molar-refractivity contribution in [3.63, 3.8) is 0 Å². The molecule has 0 radical (unpaired) electrons. The van der Waals surface area contributed by atoms with Crippen LogP contribution in [0.3, 0.4) is 0 Å². The number of hydrogen-bond donors (Lipinski definition) is 0. The zero-order valence-corrected chi connectivity index (χ0v) is 15.5. The third-order valence-corrected chi connectivity index (χ3v) is 8.47. The van der Waals surface area contributed by atoms with Gasteiger partial charge >= 0.3 is 6.18 Å². The summed E-state index contributed by atoms with van der Waals surface area (Å²) in [5.74, 6) is -0.474. The molecule has 0 N–H and O–H groups in total. The van der Waals surface area contributed by atoms with E-state index in [1.165, 1.54) is 0 Å². The molecule has 2 unspecified atom stereocenters. The van der Waals surface area contributed by atoms with Crippen molar-refractivity contribution in [1.82, 2.24) is 4.31 Å². The minimum absolute atomic E-state index is 0.0192. The van der Waals surface area contributed by atoms with Gasteiger partial charge in [0.25, 0.3) is 10.0 Å². The topological polar surface area (TPSA) is 54.5 Å². The molecule has 1 saturated carbocycles. The van der Waals surface area contributed by atoms with Crippen LogP contribution in [-0.2, 0) is 21.0 Å². The summed E-state index contributed by atoms with van der Waals surface area (Å²) in [7, 11) is -4.16. The molecule has 9 heteroatoms. The van der Waals surface area contributed by atoms with Crippen LogP contribution in [0.4, 0.5) is 13.2 Å². The van der Waals surface area contributed by atoms with Gasteiger partial charge in [0.15, 0.2) is 0 Å². The Balaban J connectivity index is 2.02. The van der Waals surface area contributed by atoms with E-state index in [0.717, 1.165) is 41.4 Å². The van der Waals surface area contributed by atoms with E-state index >= 15 is 0 Å². The van der Waals surface area contributed by atoms with Crippen molar-refractivity contribution >= 4 is 38.5 Å². The Kier molecular flexibility index (Phi) is 4.38. The van der Waals surface area contributed by atoms with Crippen molar-refractivity contribution in [3.8, 4) is 0 Å². The lowest BCUT2D eigenvalue weighted by Crippen LogP contribution is -2.51. The van der Waals surface area contributed by atoms with Crippen LogP contribution in [0.15, 0.2) is 29.2 Å². The number of benzene rings is 1. The molecule has 0 bridgehead atoms. The summed E-state index contributed by atoms with van der Waals surface area (Å²) >= 11 is 2.18. The maximum Gasteiger partial charge on any atom is 0.416 e. The molecular formula is C15H15F3INO3S. The second kappa shape index (κ2) is 5.86. The van der Waals surface area contributed by atoms with Crippen LogP contribution in [0.2, 0.25) is 0 Å². The van der Waals surface area contributed by atoms with Crippen molar-refractivity contribution < 1.29 is 26.4 Å². The van der Waals surface area contributed by atoms with Crippen molar-refractivity contribution in [2.75, 3.05) is 0 Å². The second-order valence-electron chi connectivity index (χ2n) is 6.15. The smallest absolute Gasteiger partial charge is 0.274 e. The van der Waals surface area contributed by atoms with E-state index in [4.69, 9.17) is 0 Å². The molecule has 1 aliphatic heterocycles. The van der Waals surface area contributed by atoms with E-state index in [2.05, 4.69) is 22.6 Å². The lowest BCUT2D eigenvalue weighted by Gasteiger charge is -2.37. The molecule has 1 spiro atoms. The van der Waals surface area contributed by atoms with Crippen molar-refractivity contribution in [1.29, 1.82) is 0 Å². The third kappa shape index (κ3) is 2.73.